The zero-order chi connectivity index (χ0) is 9.56. The molecule has 0 radical (unpaired) electrons. The highest BCUT2D eigenvalue weighted by Gasteiger charge is 2.02. The van der Waals surface area contributed by atoms with Crippen LogP contribution in [0.3, 0.4) is 0 Å². The molecule has 0 N–H and O–H groups in total. The highest BCUT2D eigenvalue weighted by atomic mass is 32.2. The molecule has 0 aliphatic carbocycles. The smallest absolute Gasteiger partial charge is 0.130 e. The van der Waals surface area contributed by atoms with Gasteiger partial charge in [-0.3, -0.25) is 4.79 Å². The lowest BCUT2D eigenvalue weighted by Gasteiger charge is -2.04. The Morgan fingerprint density at radius 1 is 1.50 bits per heavy atom. The Kier molecular flexibility index (Phi) is 7.19. The largest absolute Gasteiger partial charge is 0.300 e. The molecule has 0 unspecified atom stereocenters. The third-order valence-corrected chi connectivity index (χ3v) is 3.60. The molecule has 0 amide bonds. The number of thioether (sulfide) groups is 2. The van der Waals surface area contributed by atoms with Crippen LogP contribution in [-0.4, -0.2) is 20.3 Å². The number of hydrogen-bond acceptors (Lipinski definition) is 4. The molecule has 0 saturated heterocycles. The SMILES string of the molecule is CC(=O)CCSC(=S)SC(C)C. The second-order valence-electron chi connectivity index (χ2n) is 2.72. The average Bonchev–Trinajstić information content (AvgIpc) is 1.84. The van der Waals surface area contributed by atoms with Gasteiger partial charge in [0.1, 0.15) is 9.31 Å². The standard InChI is InChI=1S/C8H14OS3/c1-6(2)12-8(10)11-5-4-7(3)9/h6H,4-5H2,1-3H3. The van der Waals surface area contributed by atoms with Gasteiger partial charge in [-0.1, -0.05) is 26.1 Å². The van der Waals surface area contributed by atoms with Crippen LogP contribution in [0.1, 0.15) is 27.2 Å². The molecule has 0 spiro atoms. The van der Waals surface area contributed by atoms with E-state index in [9.17, 15) is 4.79 Å². The van der Waals surface area contributed by atoms with E-state index in [2.05, 4.69) is 13.8 Å². The lowest BCUT2D eigenvalue weighted by molar-refractivity contribution is -0.116. The number of carbonyl (C=O) groups excluding carboxylic acids is 1. The second kappa shape index (κ2) is 6.92. The summed E-state index contributed by atoms with van der Waals surface area (Å²) in [5.41, 5.74) is 0. The van der Waals surface area contributed by atoms with Crippen molar-refractivity contribution in [2.45, 2.75) is 32.4 Å². The normalized spacial score (nSPS) is 10.3. The molecule has 0 aromatic heterocycles. The van der Waals surface area contributed by atoms with Gasteiger partial charge in [0.05, 0.1) is 0 Å². The fourth-order valence-electron chi connectivity index (χ4n) is 0.505. The van der Waals surface area contributed by atoms with E-state index in [1.807, 2.05) is 0 Å². The Bertz CT molecular complexity index is 166. The molecule has 0 aromatic rings. The first-order chi connectivity index (χ1) is 5.52. The number of carbonyl (C=O) groups is 1. The molecule has 0 aliphatic heterocycles. The molecule has 0 bridgehead atoms. The van der Waals surface area contributed by atoms with Gasteiger partial charge in [0.15, 0.2) is 0 Å². The van der Waals surface area contributed by atoms with Gasteiger partial charge < -0.3 is 0 Å². The van der Waals surface area contributed by atoms with Crippen molar-refractivity contribution in [2.75, 3.05) is 5.75 Å². The van der Waals surface area contributed by atoms with Gasteiger partial charge in [-0.15, -0.1) is 23.5 Å². The van der Waals surface area contributed by atoms with E-state index in [0.717, 1.165) is 9.28 Å². The highest BCUT2D eigenvalue weighted by molar-refractivity contribution is 8.47. The quantitative estimate of drug-likeness (QED) is 0.679. The van der Waals surface area contributed by atoms with Crippen LogP contribution in [0.2, 0.25) is 0 Å². The van der Waals surface area contributed by atoms with E-state index in [-0.39, 0.29) is 5.78 Å². The van der Waals surface area contributed by atoms with Crippen molar-refractivity contribution in [3.05, 3.63) is 0 Å². The zero-order valence-electron chi connectivity index (χ0n) is 7.62. The maximum atomic E-state index is 10.6. The molecule has 0 heterocycles. The van der Waals surface area contributed by atoms with Crippen LogP contribution < -0.4 is 0 Å². The Morgan fingerprint density at radius 2 is 2.08 bits per heavy atom. The maximum absolute atomic E-state index is 10.6. The molecule has 0 atom stereocenters. The van der Waals surface area contributed by atoms with E-state index in [1.54, 1.807) is 30.4 Å². The van der Waals surface area contributed by atoms with E-state index in [1.165, 1.54) is 0 Å². The first-order valence-corrected chi connectivity index (χ1v) is 6.12. The fourth-order valence-corrected chi connectivity index (χ4v) is 3.37. The lowest BCUT2D eigenvalue weighted by atomic mass is 10.4. The van der Waals surface area contributed by atoms with Gasteiger partial charge in [0.25, 0.3) is 0 Å². The molecule has 0 fully saturated rings. The van der Waals surface area contributed by atoms with Crippen LogP contribution in [0.15, 0.2) is 0 Å². The molecule has 0 saturated carbocycles. The highest BCUT2D eigenvalue weighted by Crippen LogP contribution is 2.21. The van der Waals surface area contributed by atoms with Crippen LogP contribution in [0.4, 0.5) is 0 Å². The molecule has 4 heteroatoms. The minimum Gasteiger partial charge on any atom is -0.300 e. The summed E-state index contributed by atoms with van der Waals surface area (Å²) in [7, 11) is 0. The first kappa shape index (κ1) is 12.5. The molecular formula is C8H14OS3. The van der Waals surface area contributed by atoms with E-state index >= 15 is 0 Å². The number of ketones is 1. The lowest BCUT2D eigenvalue weighted by Crippen LogP contribution is -1.96. The van der Waals surface area contributed by atoms with Crippen molar-refractivity contribution in [3.63, 3.8) is 0 Å². The summed E-state index contributed by atoms with van der Waals surface area (Å²) in [6, 6.07) is 0. The van der Waals surface area contributed by atoms with Crippen LogP contribution in [0.5, 0.6) is 0 Å². The number of hydrogen-bond donors (Lipinski definition) is 0. The molecule has 12 heavy (non-hydrogen) atoms. The van der Waals surface area contributed by atoms with E-state index in [0.29, 0.717) is 11.7 Å². The minimum absolute atomic E-state index is 0.236. The Labute approximate surface area is 88.1 Å². The van der Waals surface area contributed by atoms with Crippen molar-refractivity contribution >= 4 is 45.1 Å². The van der Waals surface area contributed by atoms with Crippen LogP contribution in [0.25, 0.3) is 0 Å². The first-order valence-electron chi connectivity index (χ1n) is 3.85. The number of thiocarbonyl (C=S) groups is 1. The van der Waals surface area contributed by atoms with Crippen molar-refractivity contribution in [1.82, 2.24) is 0 Å². The predicted molar refractivity (Wildman–Crippen MR) is 63.1 cm³/mol. The van der Waals surface area contributed by atoms with E-state index in [4.69, 9.17) is 12.2 Å². The van der Waals surface area contributed by atoms with Crippen molar-refractivity contribution in [3.8, 4) is 0 Å². The summed E-state index contributed by atoms with van der Waals surface area (Å²) in [6.45, 7) is 5.84. The summed E-state index contributed by atoms with van der Waals surface area (Å²) in [4.78, 5) is 10.6. The maximum Gasteiger partial charge on any atom is 0.130 e. The summed E-state index contributed by atoms with van der Waals surface area (Å²) >= 11 is 8.39. The van der Waals surface area contributed by atoms with Gasteiger partial charge in [0.2, 0.25) is 0 Å². The van der Waals surface area contributed by atoms with Crippen LogP contribution in [0, 0.1) is 0 Å². The number of rotatable bonds is 4. The molecule has 0 rings (SSSR count). The van der Waals surface area contributed by atoms with Crippen molar-refractivity contribution in [1.29, 1.82) is 0 Å². The molecule has 1 nitrogen and oxygen atoms in total. The van der Waals surface area contributed by atoms with Gasteiger partial charge in [-0.05, 0) is 6.92 Å². The molecule has 0 aromatic carbocycles. The second-order valence-corrected chi connectivity index (χ2v) is 6.59. The monoisotopic (exact) mass is 222 g/mol. The third-order valence-electron chi connectivity index (χ3n) is 1.01. The molecular weight excluding hydrogens is 208 g/mol. The van der Waals surface area contributed by atoms with Gasteiger partial charge in [-0.25, -0.2) is 0 Å². The summed E-state index contributed by atoms with van der Waals surface area (Å²) in [6.07, 6.45) is 0.628. The van der Waals surface area contributed by atoms with Gasteiger partial charge in [-0.2, -0.15) is 0 Å². The Balaban J connectivity index is 3.38. The van der Waals surface area contributed by atoms with Crippen LogP contribution >= 0.6 is 35.7 Å². The fraction of sp³-hybridized carbons (Fsp3) is 0.750. The van der Waals surface area contributed by atoms with Crippen molar-refractivity contribution in [2.24, 2.45) is 0 Å². The third kappa shape index (κ3) is 8.56. The summed E-state index contributed by atoms with van der Waals surface area (Å²) in [5.74, 6) is 1.06. The summed E-state index contributed by atoms with van der Waals surface area (Å²) in [5, 5.41) is 0.544. The van der Waals surface area contributed by atoms with Gasteiger partial charge >= 0.3 is 0 Å². The van der Waals surface area contributed by atoms with Crippen LogP contribution in [-0.2, 0) is 4.79 Å². The minimum atomic E-state index is 0.236. The molecule has 0 aliphatic rings. The summed E-state index contributed by atoms with van der Waals surface area (Å²) < 4.78 is 0.950. The van der Waals surface area contributed by atoms with Gasteiger partial charge in [0, 0.05) is 17.4 Å². The number of Topliss-reactive ketones (excluding diaryl/α,β-unsaturated/α-hetero) is 1. The topological polar surface area (TPSA) is 17.1 Å². The predicted octanol–water partition coefficient (Wildman–Crippen LogP) is 3.13. The Hall–Kier alpha value is 0.460. The van der Waals surface area contributed by atoms with Crippen molar-refractivity contribution < 1.29 is 4.79 Å². The average molecular weight is 222 g/mol. The molecule has 70 valence electrons. The van der Waals surface area contributed by atoms with E-state index < -0.39 is 0 Å². The Morgan fingerprint density at radius 3 is 2.50 bits per heavy atom. The zero-order valence-corrected chi connectivity index (χ0v) is 10.1.